The summed E-state index contributed by atoms with van der Waals surface area (Å²) >= 11 is 10.8. The van der Waals surface area contributed by atoms with Gasteiger partial charge in [-0.15, -0.1) is 23.2 Å². The Labute approximate surface area is 70.1 Å². The Bertz CT molecular complexity index is 132. The van der Waals surface area contributed by atoms with E-state index >= 15 is 0 Å². The molecule has 0 aliphatic rings. The molecule has 0 bridgehead atoms. The van der Waals surface area contributed by atoms with E-state index in [2.05, 4.69) is 0 Å². The number of aliphatic carboxylic acids is 1. The van der Waals surface area contributed by atoms with E-state index in [1.807, 2.05) is 0 Å². The zero-order chi connectivity index (χ0) is 8.36. The number of carboxylic acids is 1. The molecule has 2 nitrogen and oxygen atoms in total. The molecule has 0 aliphatic heterocycles. The summed E-state index contributed by atoms with van der Waals surface area (Å²) in [5.74, 6) is -0.876. The minimum Gasteiger partial charge on any atom is -0.481 e. The van der Waals surface area contributed by atoms with Gasteiger partial charge in [-0.05, 0) is 20.3 Å². The minimum atomic E-state index is -0.876. The van der Waals surface area contributed by atoms with Crippen molar-refractivity contribution in [3.8, 4) is 0 Å². The minimum absolute atomic E-state index is 0.269. The van der Waals surface area contributed by atoms with Gasteiger partial charge in [0.15, 0.2) is 0 Å². The molecule has 0 atom stereocenters. The average molecular weight is 185 g/mol. The lowest BCUT2D eigenvalue weighted by Crippen LogP contribution is -2.25. The van der Waals surface area contributed by atoms with Crippen molar-refractivity contribution in [3.63, 3.8) is 0 Å². The molecule has 4 heteroatoms. The maximum atomic E-state index is 10.4. The molecular formula is C6H10Cl2O2. The van der Waals surface area contributed by atoms with Crippen molar-refractivity contribution in [1.82, 2.24) is 0 Å². The molecule has 0 spiro atoms. The summed E-state index contributed by atoms with van der Waals surface area (Å²) in [7, 11) is 0. The van der Waals surface area contributed by atoms with Crippen molar-refractivity contribution in [1.29, 1.82) is 0 Å². The average Bonchev–Trinajstić information content (AvgIpc) is 1.60. The van der Waals surface area contributed by atoms with Crippen LogP contribution in [-0.2, 0) is 4.79 Å². The van der Waals surface area contributed by atoms with Crippen molar-refractivity contribution in [2.75, 3.05) is 0 Å². The quantitative estimate of drug-likeness (QED) is 0.684. The Morgan fingerprint density at radius 3 is 2.10 bits per heavy atom. The molecule has 0 saturated carbocycles. The van der Waals surface area contributed by atoms with E-state index in [-0.39, 0.29) is 6.42 Å². The molecule has 0 aliphatic carbocycles. The first-order chi connectivity index (χ1) is 4.36. The van der Waals surface area contributed by atoms with Gasteiger partial charge in [0.25, 0.3) is 0 Å². The Morgan fingerprint density at radius 2 is 2.00 bits per heavy atom. The first-order valence-electron chi connectivity index (χ1n) is 2.88. The van der Waals surface area contributed by atoms with Gasteiger partial charge in [-0.2, -0.15) is 0 Å². The molecule has 0 aromatic carbocycles. The van der Waals surface area contributed by atoms with Crippen molar-refractivity contribution in [2.45, 2.75) is 25.1 Å². The molecule has 0 heterocycles. The van der Waals surface area contributed by atoms with Gasteiger partial charge < -0.3 is 5.11 Å². The highest BCUT2D eigenvalue weighted by atomic mass is 35.5. The van der Waals surface area contributed by atoms with E-state index in [1.165, 1.54) is 0 Å². The maximum Gasteiger partial charge on any atom is 0.309 e. The fourth-order valence-corrected chi connectivity index (χ4v) is 1.24. The third-order valence-electron chi connectivity index (χ3n) is 1.24. The number of hydrogen-bond donors (Lipinski definition) is 1. The molecule has 0 aromatic heterocycles. The topological polar surface area (TPSA) is 37.3 Å². The largest absolute Gasteiger partial charge is 0.481 e. The normalized spacial score (nSPS) is 12.1. The Balaban J connectivity index is 4.00. The third kappa shape index (κ3) is 3.28. The lowest BCUT2D eigenvalue weighted by atomic mass is 9.91. The number of carboxylic acid groups (broad SMARTS) is 1. The highest BCUT2D eigenvalue weighted by Crippen LogP contribution is 2.26. The molecule has 60 valence electrons. The third-order valence-corrected chi connectivity index (χ3v) is 1.55. The van der Waals surface area contributed by atoms with Crippen molar-refractivity contribution >= 4 is 29.2 Å². The highest BCUT2D eigenvalue weighted by molar-refractivity contribution is 6.44. The summed E-state index contributed by atoms with van der Waals surface area (Å²) in [6.07, 6.45) is 0.269. The lowest BCUT2D eigenvalue weighted by Gasteiger charge is -2.18. The van der Waals surface area contributed by atoms with Crippen LogP contribution in [0.2, 0.25) is 0 Å². The molecule has 10 heavy (non-hydrogen) atoms. The fraction of sp³-hybridized carbons (Fsp3) is 0.833. The van der Waals surface area contributed by atoms with Crippen LogP contribution in [0, 0.1) is 5.41 Å². The van der Waals surface area contributed by atoms with Gasteiger partial charge in [0.2, 0.25) is 0 Å². The zero-order valence-electron chi connectivity index (χ0n) is 5.90. The van der Waals surface area contributed by atoms with Crippen LogP contribution in [0.15, 0.2) is 0 Å². The van der Waals surface area contributed by atoms with Crippen LogP contribution in [0.1, 0.15) is 20.3 Å². The van der Waals surface area contributed by atoms with E-state index < -0.39 is 16.2 Å². The van der Waals surface area contributed by atoms with Crippen LogP contribution in [-0.4, -0.2) is 15.9 Å². The van der Waals surface area contributed by atoms with Crippen LogP contribution in [0.4, 0.5) is 0 Å². The zero-order valence-corrected chi connectivity index (χ0v) is 7.41. The first-order valence-corrected chi connectivity index (χ1v) is 3.75. The second kappa shape index (κ2) is 3.44. The SMILES string of the molecule is CC(C)(CC(Cl)Cl)C(=O)O. The first kappa shape index (κ1) is 10.0. The van der Waals surface area contributed by atoms with E-state index in [1.54, 1.807) is 13.8 Å². The molecule has 0 unspecified atom stereocenters. The summed E-state index contributed by atoms with van der Waals surface area (Å²) < 4.78 is 0. The second-order valence-corrected chi connectivity index (χ2v) is 4.06. The molecule has 0 fully saturated rings. The summed E-state index contributed by atoms with van der Waals surface area (Å²) in [5, 5.41) is 8.57. The van der Waals surface area contributed by atoms with Gasteiger partial charge in [-0.1, -0.05) is 0 Å². The molecule has 0 saturated heterocycles. The number of carbonyl (C=O) groups is 1. The van der Waals surface area contributed by atoms with Gasteiger partial charge >= 0.3 is 5.97 Å². The van der Waals surface area contributed by atoms with Crippen LogP contribution in [0.25, 0.3) is 0 Å². The predicted molar refractivity (Wildman–Crippen MR) is 41.5 cm³/mol. The van der Waals surface area contributed by atoms with Crippen LogP contribution in [0.5, 0.6) is 0 Å². The van der Waals surface area contributed by atoms with Crippen LogP contribution >= 0.6 is 23.2 Å². The number of halogens is 2. The fourth-order valence-electron chi connectivity index (χ4n) is 0.473. The Morgan fingerprint density at radius 1 is 1.60 bits per heavy atom. The molecule has 0 aromatic rings. The smallest absolute Gasteiger partial charge is 0.309 e. The van der Waals surface area contributed by atoms with Crippen molar-refractivity contribution < 1.29 is 9.90 Å². The molecule has 0 rings (SSSR count). The highest BCUT2D eigenvalue weighted by Gasteiger charge is 2.29. The van der Waals surface area contributed by atoms with E-state index in [9.17, 15) is 4.79 Å². The van der Waals surface area contributed by atoms with Gasteiger partial charge in [-0.3, -0.25) is 4.79 Å². The van der Waals surface area contributed by atoms with Crippen molar-refractivity contribution in [2.24, 2.45) is 5.41 Å². The standard InChI is InChI=1S/C6H10Cl2O2/c1-6(2,5(9)10)3-4(7)8/h4H,3H2,1-2H3,(H,9,10). The van der Waals surface area contributed by atoms with E-state index in [0.29, 0.717) is 0 Å². The van der Waals surface area contributed by atoms with Gasteiger partial charge in [-0.25, -0.2) is 0 Å². The Kier molecular flexibility index (Phi) is 3.46. The van der Waals surface area contributed by atoms with E-state index in [0.717, 1.165) is 0 Å². The molecule has 0 radical (unpaired) electrons. The summed E-state index contributed by atoms with van der Waals surface area (Å²) in [6.45, 7) is 3.18. The van der Waals surface area contributed by atoms with Crippen molar-refractivity contribution in [3.05, 3.63) is 0 Å². The number of alkyl halides is 2. The summed E-state index contributed by atoms with van der Waals surface area (Å²) in [5.41, 5.74) is -0.825. The second-order valence-electron chi connectivity index (χ2n) is 2.78. The van der Waals surface area contributed by atoms with Gasteiger partial charge in [0.05, 0.1) is 5.41 Å². The van der Waals surface area contributed by atoms with E-state index in [4.69, 9.17) is 28.3 Å². The summed E-state index contributed by atoms with van der Waals surface area (Å²) in [4.78, 5) is 9.83. The summed E-state index contributed by atoms with van der Waals surface area (Å²) in [6, 6.07) is 0. The van der Waals surface area contributed by atoms with Gasteiger partial charge in [0, 0.05) is 0 Å². The number of hydrogen-bond acceptors (Lipinski definition) is 1. The van der Waals surface area contributed by atoms with Gasteiger partial charge in [0.1, 0.15) is 4.84 Å². The number of rotatable bonds is 3. The monoisotopic (exact) mass is 184 g/mol. The lowest BCUT2D eigenvalue weighted by molar-refractivity contribution is -0.147. The Hall–Kier alpha value is 0.0500. The predicted octanol–water partition coefficient (Wildman–Crippen LogP) is 2.29. The maximum absolute atomic E-state index is 10.4. The molecule has 1 N–H and O–H groups in total. The molecule has 0 amide bonds. The van der Waals surface area contributed by atoms with Crippen LogP contribution in [0.3, 0.4) is 0 Å². The molecular weight excluding hydrogens is 175 g/mol. The van der Waals surface area contributed by atoms with Crippen LogP contribution < -0.4 is 0 Å².